The number of hydrogen-bond acceptors (Lipinski definition) is 4. The molecule has 0 aliphatic rings. The lowest BCUT2D eigenvalue weighted by molar-refractivity contribution is 1.23. The summed E-state index contributed by atoms with van der Waals surface area (Å²) in [5.74, 6) is 0.558. The zero-order chi connectivity index (χ0) is 15.0. The predicted molar refractivity (Wildman–Crippen MR) is 91.9 cm³/mol. The molecule has 0 spiro atoms. The van der Waals surface area contributed by atoms with Gasteiger partial charge in [0.2, 0.25) is 5.84 Å². The maximum atomic E-state index is 4.37. The lowest BCUT2D eigenvalue weighted by Gasteiger charge is -2.01. The van der Waals surface area contributed by atoms with Gasteiger partial charge in [-0.2, -0.15) is 5.10 Å². The van der Waals surface area contributed by atoms with Gasteiger partial charge >= 0.3 is 0 Å². The van der Waals surface area contributed by atoms with Gasteiger partial charge in [0.05, 0.1) is 16.3 Å². The molecular formula is C17H14N4S. The summed E-state index contributed by atoms with van der Waals surface area (Å²) in [5.41, 5.74) is 4.72. The minimum atomic E-state index is 0.558. The van der Waals surface area contributed by atoms with Crippen molar-refractivity contribution in [2.24, 2.45) is 15.3 Å². The molecule has 3 aromatic rings. The van der Waals surface area contributed by atoms with Crippen molar-refractivity contribution < 1.29 is 0 Å². The first kappa shape index (κ1) is 14.2. The maximum Gasteiger partial charge on any atom is 0.211 e. The van der Waals surface area contributed by atoms with E-state index in [4.69, 9.17) is 0 Å². The monoisotopic (exact) mass is 306 g/mol. The van der Waals surface area contributed by atoms with Crippen molar-refractivity contribution in [3.63, 3.8) is 0 Å². The van der Waals surface area contributed by atoms with Crippen LogP contribution in [0.5, 0.6) is 0 Å². The highest BCUT2D eigenvalue weighted by Gasteiger charge is 2.04. The molecule has 22 heavy (non-hydrogen) atoms. The summed E-state index contributed by atoms with van der Waals surface area (Å²) in [7, 11) is 0. The summed E-state index contributed by atoms with van der Waals surface area (Å²) < 4.78 is 0. The second kappa shape index (κ2) is 7.28. The maximum absolute atomic E-state index is 4.37. The van der Waals surface area contributed by atoms with Crippen LogP contribution in [-0.4, -0.2) is 5.84 Å². The lowest BCUT2D eigenvalue weighted by Crippen LogP contribution is -1.98. The van der Waals surface area contributed by atoms with Gasteiger partial charge in [0.1, 0.15) is 0 Å². The number of hydrogen-bond donors (Lipinski definition) is 1. The Hall–Kier alpha value is -2.79. The standard InChI is InChI=1S/C17H14N4S/c1-3-8-14(9-4-1)18-20-17(16-12-7-13-22-16)21-19-15-10-5-2-6-11-15/h1-13,18H/b20-17+,21-19+. The fraction of sp³-hybridized carbons (Fsp3) is 0. The minimum Gasteiger partial charge on any atom is -0.276 e. The first-order valence-electron chi connectivity index (χ1n) is 6.81. The van der Waals surface area contributed by atoms with E-state index in [0.29, 0.717) is 5.84 Å². The van der Waals surface area contributed by atoms with Gasteiger partial charge in [0, 0.05) is 0 Å². The van der Waals surface area contributed by atoms with Crippen LogP contribution in [0, 0.1) is 0 Å². The first-order chi connectivity index (χ1) is 10.9. The summed E-state index contributed by atoms with van der Waals surface area (Å²) in [6.45, 7) is 0. The molecule has 3 rings (SSSR count). The molecule has 1 N–H and O–H groups in total. The van der Waals surface area contributed by atoms with Gasteiger partial charge in [0.25, 0.3) is 0 Å². The minimum absolute atomic E-state index is 0.558. The third-order valence-corrected chi connectivity index (χ3v) is 3.69. The van der Waals surface area contributed by atoms with Crippen LogP contribution in [0.25, 0.3) is 0 Å². The molecule has 1 aromatic heterocycles. The molecule has 0 saturated heterocycles. The molecule has 0 fully saturated rings. The number of amidine groups is 1. The van der Waals surface area contributed by atoms with E-state index in [0.717, 1.165) is 16.3 Å². The Morgan fingerprint density at radius 3 is 2.23 bits per heavy atom. The van der Waals surface area contributed by atoms with Crippen molar-refractivity contribution in [3.8, 4) is 0 Å². The summed E-state index contributed by atoms with van der Waals surface area (Å²) >= 11 is 1.58. The highest BCUT2D eigenvalue weighted by atomic mass is 32.1. The average molecular weight is 306 g/mol. The number of azo groups is 1. The van der Waals surface area contributed by atoms with E-state index in [2.05, 4.69) is 20.8 Å². The number of nitrogens with zero attached hydrogens (tertiary/aromatic N) is 3. The summed E-state index contributed by atoms with van der Waals surface area (Å²) in [4.78, 5) is 0.961. The topological polar surface area (TPSA) is 49.1 Å². The highest BCUT2D eigenvalue weighted by Crippen LogP contribution is 2.16. The Balaban J connectivity index is 1.83. The van der Waals surface area contributed by atoms with Gasteiger partial charge < -0.3 is 0 Å². The number of anilines is 1. The molecule has 0 aliphatic carbocycles. The Morgan fingerprint density at radius 1 is 0.818 bits per heavy atom. The SMILES string of the molecule is c1ccc(/N=N/C(=N/Nc2ccccc2)c2cccs2)cc1. The average Bonchev–Trinajstić information content (AvgIpc) is 3.11. The highest BCUT2D eigenvalue weighted by molar-refractivity contribution is 7.12. The molecule has 0 atom stereocenters. The van der Waals surface area contributed by atoms with Crippen molar-refractivity contribution in [1.29, 1.82) is 0 Å². The van der Waals surface area contributed by atoms with Crippen molar-refractivity contribution >= 4 is 28.5 Å². The van der Waals surface area contributed by atoms with Crippen LogP contribution in [0.3, 0.4) is 0 Å². The van der Waals surface area contributed by atoms with E-state index in [9.17, 15) is 0 Å². The Kier molecular flexibility index (Phi) is 4.69. The van der Waals surface area contributed by atoms with Gasteiger partial charge in [-0.25, -0.2) is 0 Å². The molecule has 108 valence electrons. The van der Waals surface area contributed by atoms with Crippen LogP contribution in [0.4, 0.5) is 11.4 Å². The smallest absolute Gasteiger partial charge is 0.211 e. The predicted octanol–water partition coefficient (Wildman–Crippen LogP) is 5.31. The van der Waals surface area contributed by atoms with Crippen LogP contribution < -0.4 is 5.43 Å². The fourth-order valence-corrected chi connectivity index (χ4v) is 2.42. The van der Waals surface area contributed by atoms with Crippen LogP contribution in [0.2, 0.25) is 0 Å². The van der Waals surface area contributed by atoms with E-state index in [1.54, 1.807) is 11.3 Å². The van der Waals surface area contributed by atoms with Gasteiger partial charge in [-0.05, 0) is 35.7 Å². The van der Waals surface area contributed by atoms with Crippen molar-refractivity contribution in [2.45, 2.75) is 0 Å². The van der Waals surface area contributed by atoms with Gasteiger partial charge in [-0.3, -0.25) is 5.43 Å². The molecule has 0 aliphatic heterocycles. The lowest BCUT2D eigenvalue weighted by atomic mass is 10.3. The second-order valence-corrected chi connectivity index (χ2v) is 5.37. The zero-order valence-corrected chi connectivity index (χ0v) is 12.6. The van der Waals surface area contributed by atoms with E-state index in [1.807, 2.05) is 78.2 Å². The van der Waals surface area contributed by atoms with Gasteiger partial charge in [-0.15, -0.1) is 21.6 Å². The number of benzene rings is 2. The van der Waals surface area contributed by atoms with E-state index >= 15 is 0 Å². The van der Waals surface area contributed by atoms with Crippen LogP contribution >= 0.6 is 11.3 Å². The summed E-state index contributed by atoms with van der Waals surface area (Å²) in [6, 6.07) is 23.3. The van der Waals surface area contributed by atoms with E-state index in [1.165, 1.54) is 0 Å². The Labute approximate surface area is 132 Å². The Bertz CT molecular complexity index is 750. The molecule has 5 heteroatoms. The number of nitrogens with one attached hydrogen (secondary N) is 1. The third kappa shape index (κ3) is 3.86. The largest absolute Gasteiger partial charge is 0.276 e. The van der Waals surface area contributed by atoms with Crippen LogP contribution in [0.1, 0.15) is 4.88 Å². The molecule has 0 radical (unpaired) electrons. The van der Waals surface area contributed by atoms with E-state index < -0.39 is 0 Å². The molecule has 4 nitrogen and oxygen atoms in total. The molecule has 0 bridgehead atoms. The summed E-state index contributed by atoms with van der Waals surface area (Å²) in [6.07, 6.45) is 0. The molecule has 1 heterocycles. The zero-order valence-electron chi connectivity index (χ0n) is 11.8. The second-order valence-electron chi connectivity index (χ2n) is 4.43. The summed E-state index contributed by atoms with van der Waals surface area (Å²) in [5, 5.41) is 14.9. The molecular weight excluding hydrogens is 292 g/mol. The van der Waals surface area contributed by atoms with Crippen molar-refractivity contribution in [2.75, 3.05) is 5.43 Å². The number of hydrazone groups is 1. The normalized spacial score (nSPS) is 11.7. The fourth-order valence-electron chi connectivity index (χ4n) is 1.76. The Morgan fingerprint density at radius 2 is 1.55 bits per heavy atom. The third-order valence-electron chi connectivity index (χ3n) is 2.82. The van der Waals surface area contributed by atoms with Crippen molar-refractivity contribution in [3.05, 3.63) is 83.1 Å². The first-order valence-corrected chi connectivity index (χ1v) is 7.69. The van der Waals surface area contributed by atoms with Crippen molar-refractivity contribution in [1.82, 2.24) is 0 Å². The molecule has 0 saturated carbocycles. The quantitative estimate of drug-likeness (QED) is 0.302. The van der Waals surface area contributed by atoms with Gasteiger partial charge in [0.15, 0.2) is 0 Å². The van der Waals surface area contributed by atoms with Gasteiger partial charge in [-0.1, -0.05) is 42.5 Å². The number of thiophene rings is 1. The molecule has 0 unspecified atom stereocenters. The number of rotatable bonds is 4. The van der Waals surface area contributed by atoms with E-state index in [-0.39, 0.29) is 0 Å². The van der Waals surface area contributed by atoms with Crippen LogP contribution in [0.15, 0.2) is 93.5 Å². The molecule has 0 amide bonds. The molecule has 2 aromatic carbocycles. The van der Waals surface area contributed by atoms with Crippen LogP contribution in [-0.2, 0) is 0 Å². The number of para-hydroxylation sites is 1.